The molecule has 0 atom stereocenters. The second-order valence-corrected chi connectivity index (χ2v) is 3.99. The molecule has 4 nitrogen and oxygen atoms in total. The van der Waals surface area contributed by atoms with E-state index in [0.717, 1.165) is 16.9 Å². The number of nitrogens with zero attached hydrogens (tertiary/aromatic N) is 3. The van der Waals surface area contributed by atoms with Gasteiger partial charge in [-0.25, -0.2) is 0 Å². The zero-order valence-electron chi connectivity index (χ0n) is 8.43. The van der Waals surface area contributed by atoms with E-state index in [0.29, 0.717) is 17.3 Å². The van der Waals surface area contributed by atoms with Gasteiger partial charge in [0.15, 0.2) is 0 Å². The third-order valence-corrected chi connectivity index (χ3v) is 2.74. The highest BCUT2D eigenvalue weighted by Crippen LogP contribution is 2.14. The van der Waals surface area contributed by atoms with Gasteiger partial charge in [-0.05, 0) is 35.0 Å². The summed E-state index contributed by atoms with van der Waals surface area (Å²) in [5, 5.41) is 9.03. The molecule has 1 rings (SSSR count). The van der Waals surface area contributed by atoms with Gasteiger partial charge < -0.3 is 0 Å². The maximum atomic E-state index is 8.64. The summed E-state index contributed by atoms with van der Waals surface area (Å²) in [4.78, 5) is 4.14. The Hall–Kier alpha value is -1.47. The molecule has 16 heavy (non-hydrogen) atoms. The number of pyridine rings is 1. The van der Waals surface area contributed by atoms with Crippen LogP contribution in [0.5, 0.6) is 0 Å². The largest absolute Gasteiger partial charge is 0.403 e. The van der Waals surface area contributed by atoms with E-state index >= 15 is 0 Å². The van der Waals surface area contributed by atoms with Crippen LogP contribution in [-0.2, 0) is 12.2 Å². The first kappa shape index (κ1) is 12.6. The maximum Gasteiger partial charge on any atom is 0.403 e. The van der Waals surface area contributed by atoms with E-state index in [-0.39, 0.29) is 0 Å². The van der Waals surface area contributed by atoms with Crippen molar-refractivity contribution in [3.8, 4) is 6.07 Å². The molecule has 0 fully saturated rings. The normalized spacial score (nSPS) is 9.00. The van der Waals surface area contributed by atoms with Gasteiger partial charge in [0.1, 0.15) is 0 Å². The number of amidine groups is 1. The summed E-state index contributed by atoms with van der Waals surface area (Å²) in [6, 6.07) is 5.83. The van der Waals surface area contributed by atoms with Crippen LogP contribution in [0, 0.1) is 11.3 Å². The number of hydrogen-bond donors (Lipinski definition) is 1. The van der Waals surface area contributed by atoms with Crippen molar-refractivity contribution < 1.29 is 0 Å². The van der Waals surface area contributed by atoms with Gasteiger partial charge in [0.2, 0.25) is 0 Å². The minimum absolute atomic E-state index is 0.301. The van der Waals surface area contributed by atoms with Gasteiger partial charge in [0.25, 0.3) is 5.67 Å². The summed E-state index contributed by atoms with van der Waals surface area (Å²) in [5.41, 5.74) is 8.46. The van der Waals surface area contributed by atoms with Gasteiger partial charge in [-0.2, -0.15) is 9.93 Å². The van der Waals surface area contributed by atoms with Crippen molar-refractivity contribution in [1.29, 1.82) is 5.26 Å². The molecule has 0 aliphatic heterocycles. The van der Waals surface area contributed by atoms with Crippen LogP contribution in [0.2, 0.25) is 0 Å². The fourth-order valence-corrected chi connectivity index (χ4v) is 1.93. The molecule has 1 heterocycles. The number of rotatable bonds is 3. The molecule has 1 aromatic rings. The van der Waals surface area contributed by atoms with E-state index in [1.807, 2.05) is 12.1 Å². The predicted octanol–water partition coefficient (Wildman–Crippen LogP) is 1.03. The summed E-state index contributed by atoms with van der Waals surface area (Å²) in [6.07, 6.45) is 1.97. The molecule has 0 aliphatic rings. The summed E-state index contributed by atoms with van der Waals surface area (Å²) in [5.74, 6) is 0.630. The highest BCUT2D eigenvalue weighted by molar-refractivity contribution is 8.13. The second kappa shape index (κ2) is 6.91. The molecule has 2 N–H and O–H groups in total. The molecule has 82 valence electrons. The molecule has 0 saturated carbocycles. The zero-order valence-corrected chi connectivity index (χ0v) is 10.0. The molecule has 0 spiro atoms. The van der Waals surface area contributed by atoms with E-state index in [1.165, 1.54) is 11.8 Å². The summed E-state index contributed by atoms with van der Waals surface area (Å²) in [6.45, 7) is 0. The van der Waals surface area contributed by atoms with Gasteiger partial charge in [-0.3, -0.25) is 10.7 Å². The average molecular weight is 254 g/mol. The third-order valence-electron chi connectivity index (χ3n) is 1.78. The maximum absolute atomic E-state index is 8.64. The zero-order chi connectivity index (χ0) is 11.8. The summed E-state index contributed by atoms with van der Waals surface area (Å²) < 4.78 is 3.73. The van der Waals surface area contributed by atoms with Crippen molar-refractivity contribution in [3.63, 3.8) is 0 Å². The van der Waals surface area contributed by atoms with Crippen molar-refractivity contribution >= 4 is 34.2 Å². The van der Waals surface area contributed by atoms with Crippen molar-refractivity contribution in [2.75, 3.05) is 0 Å². The van der Waals surface area contributed by atoms with Crippen LogP contribution in [-0.4, -0.2) is 15.8 Å². The molecule has 0 unspecified atom stereocenters. The highest BCUT2D eigenvalue weighted by atomic mass is 35.5. The molecule has 0 saturated heterocycles. The van der Waals surface area contributed by atoms with E-state index in [1.54, 1.807) is 6.20 Å². The minimum atomic E-state index is 0.301. The lowest BCUT2D eigenvalue weighted by Crippen LogP contribution is -2.10. The highest BCUT2D eigenvalue weighted by Gasteiger charge is 2.07. The van der Waals surface area contributed by atoms with Gasteiger partial charge in [-0.15, -0.1) is 0 Å². The van der Waals surface area contributed by atoms with E-state index in [4.69, 9.17) is 22.6 Å². The summed E-state index contributed by atoms with van der Waals surface area (Å²) in [7, 11) is 0. The molecule has 0 aliphatic carbocycles. The fourth-order valence-electron chi connectivity index (χ4n) is 1.07. The van der Waals surface area contributed by atoms with Crippen LogP contribution in [0.3, 0.4) is 0 Å². The van der Waals surface area contributed by atoms with E-state index < -0.39 is 0 Å². The van der Waals surface area contributed by atoms with Gasteiger partial charge in [0.05, 0.1) is 18.2 Å². The number of aromatic nitrogens is 1. The van der Waals surface area contributed by atoms with Crippen LogP contribution in [0.4, 0.5) is 0 Å². The number of thioether (sulfide) groups is 1. The number of hydrogen-bond acceptors (Lipinski definition) is 3. The van der Waals surface area contributed by atoms with Gasteiger partial charge >= 0.3 is 5.17 Å². The Bertz CT molecular complexity index is 460. The Balaban J connectivity index is 2.74. The Morgan fingerprint density at radius 2 is 2.56 bits per heavy atom. The molecule has 0 radical (unpaired) electrons. The SMILES string of the molecule is N#CCc1ncccc1CSC(N)=[N+]=CCl. The third kappa shape index (κ3) is 3.95. The number of halogens is 1. The Kier molecular flexibility index (Phi) is 5.44. The van der Waals surface area contributed by atoms with E-state index in [9.17, 15) is 0 Å². The van der Waals surface area contributed by atoms with Crippen molar-refractivity contribution in [1.82, 2.24) is 9.65 Å². The van der Waals surface area contributed by atoms with Crippen LogP contribution >= 0.6 is 23.4 Å². The Morgan fingerprint density at radius 1 is 1.75 bits per heavy atom. The summed E-state index contributed by atoms with van der Waals surface area (Å²) >= 11 is 6.65. The molecular weight excluding hydrogens is 244 g/mol. The van der Waals surface area contributed by atoms with E-state index in [2.05, 4.69) is 15.7 Å². The monoisotopic (exact) mass is 253 g/mol. The van der Waals surface area contributed by atoms with Gasteiger partial charge in [-0.1, -0.05) is 6.07 Å². The standard InChI is InChI=1S/C10H9ClN4S/c11-7-15-10(13)16-6-8-2-1-5-14-9(8)3-4-12/h1-2,5,7,13H,3,6H2/p+1. The molecule has 0 aromatic carbocycles. The van der Waals surface area contributed by atoms with Crippen LogP contribution < -0.4 is 10.4 Å². The Morgan fingerprint density at radius 3 is 3.25 bits per heavy atom. The lowest BCUT2D eigenvalue weighted by atomic mass is 10.2. The predicted molar refractivity (Wildman–Crippen MR) is 68.1 cm³/mol. The fraction of sp³-hybridized carbons (Fsp3) is 0.200. The second-order valence-electron chi connectivity index (χ2n) is 2.80. The molecular formula is C10H10ClN4S+. The first-order valence-electron chi connectivity index (χ1n) is 4.45. The number of nitrogens with two attached hydrogens (primary N) is 1. The molecule has 0 bridgehead atoms. The quantitative estimate of drug-likeness (QED) is 0.496. The first-order valence-corrected chi connectivity index (χ1v) is 5.87. The average Bonchev–Trinajstić information content (AvgIpc) is 2.29. The number of nitriles is 1. The van der Waals surface area contributed by atoms with Crippen molar-refractivity contribution in [2.45, 2.75) is 12.2 Å². The smallest absolute Gasteiger partial charge is 0.267 e. The molecule has 1 aromatic heterocycles. The lowest BCUT2D eigenvalue weighted by molar-refractivity contribution is 1.07. The minimum Gasteiger partial charge on any atom is -0.267 e. The molecule has 0 amide bonds. The van der Waals surface area contributed by atoms with Crippen molar-refractivity contribution in [3.05, 3.63) is 29.6 Å². The first-order chi connectivity index (χ1) is 7.77. The van der Waals surface area contributed by atoms with Crippen molar-refractivity contribution in [2.24, 2.45) is 5.73 Å². The Labute approximate surface area is 103 Å². The van der Waals surface area contributed by atoms with Gasteiger partial charge in [0, 0.05) is 11.9 Å². The van der Waals surface area contributed by atoms with Crippen LogP contribution in [0.1, 0.15) is 11.3 Å². The molecule has 6 heteroatoms. The topological polar surface area (TPSA) is 76.8 Å². The van der Waals surface area contributed by atoms with Crippen LogP contribution in [0.15, 0.2) is 18.3 Å². The van der Waals surface area contributed by atoms with Crippen LogP contribution in [0.25, 0.3) is 0 Å². The lowest BCUT2D eigenvalue weighted by Gasteiger charge is -2.01.